The highest BCUT2D eigenvalue weighted by Gasteiger charge is 2.12. The Morgan fingerprint density at radius 2 is 1.77 bits per heavy atom. The molecule has 3 aromatic rings. The summed E-state index contributed by atoms with van der Waals surface area (Å²) in [6.07, 6.45) is 1.73. The van der Waals surface area contributed by atoms with Crippen molar-refractivity contribution in [2.45, 2.75) is 20.8 Å². The molecule has 1 N–H and O–H groups in total. The topological polar surface area (TPSA) is 50.7 Å². The minimum Gasteiger partial charge on any atom is -0.482 e. The molecule has 0 aliphatic heterocycles. The van der Waals surface area contributed by atoms with Gasteiger partial charge in [-0.15, -0.1) is 0 Å². The summed E-state index contributed by atoms with van der Waals surface area (Å²) in [4.78, 5) is 17.0. The van der Waals surface area contributed by atoms with Crippen LogP contribution >= 0.6 is 43.5 Å². The zero-order chi connectivity index (χ0) is 22.5. The summed E-state index contributed by atoms with van der Waals surface area (Å²) in [5, 5.41) is 3.39. The maximum Gasteiger partial charge on any atom is 0.262 e. The average molecular weight is 565 g/mol. The highest BCUT2D eigenvalue weighted by molar-refractivity contribution is 9.11. The minimum absolute atomic E-state index is 0.157. The van der Waals surface area contributed by atoms with Gasteiger partial charge in [-0.05, 0) is 89.8 Å². The second kappa shape index (κ2) is 10.4. The lowest BCUT2D eigenvalue weighted by Crippen LogP contribution is -2.20. The fourth-order valence-electron chi connectivity index (χ4n) is 2.78. The molecule has 3 rings (SSSR count). The lowest BCUT2D eigenvalue weighted by atomic mass is 10.1. The van der Waals surface area contributed by atoms with Gasteiger partial charge in [0.2, 0.25) is 0 Å². The summed E-state index contributed by atoms with van der Waals surface area (Å²) in [6, 6.07) is 15.2. The quantitative estimate of drug-likeness (QED) is 0.314. The van der Waals surface area contributed by atoms with E-state index in [1.54, 1.807) is 18.3 Å². The Morgan fingerprint density at radius 1 is 1.03 bits per heavy atom. The molecule has 0 spiro atoms. The van der Waals surface area contributed by atoms with Gasteiger partial charge in [-0.2, -0.15) is 0 Å². The molecule has 0 unspecified atom stereocenters. The number of nitrogens with one attached hydrogen (secondary N) is 1. The van der Waals surface area contributed by atoms with Gasteiger partial charge in [-0.1, -0.05) is 39.7 Å². The molecule has 0 aliphatic carbocycles. The van der Waals surface area contributed by atoms with Gasteiger partial charge < -0.3 is 10.1 Å². The number of hydrogen-bond acceptors (Lipinski definition) is 3. The maximum absolute atomic E-state index is 12.4. The fourth-order valence-corrected chi connectivity index (χ4v) is 4.34. The standard InChI is InChI=1S/C24H21Br2ClN2O2/c1-14-4-6-19(8-16(14)3)28-12-17-9-18(25)10-21(26)24(17)31-13-23(30)29-20-7-5-15(2)22(27)11-20/h4-12H,13H2,1-3H3,(H,29,30). The third-order valence-electron chi connectivity index (χ3n) is 4.68. The lowest BCUT2D eigenvalue weighted by molar-refractivity contribution is -0.118. The molecule has 1 amide bonds. The Balaban J connectivity index is 1.75. The number of ether oxygens (including phenoxy) is 1. The summed E-state index contributed by atoms with van der Waals surface area (Å²) in [5.74, 6) is 0.250. The van der Waals surface area contributed by atoms with E-state index in [0.717, 1.165) is 25.8 Å². The van der Waals surface area contributed by atoms with Crippen LogP contribution in [0, 0.1) is 20.8 Å². The SMILES string of the molecule is Cc1ccc(N=Cc2cc(Br)cc(Br)c2OCC(=O)Nc2ccc(C)c(Cl)c2)cc1C. The van der Waals surface area contributed by atoms with Crippen LogP contribution < -0.4 is 10.1 Å². The van der Waals surface area contributed by atoms with Crippen LogP contribution in [0.15, 0.2) is 62.5 Å². The molecule has 160 valence electrons. The number of halogens is 3. The highest BCUT2D eigenvalue weighted by Crippen LogP contribution is 2.32. The second-order valence-corrected chi connectivity index (χ2v) is 9.31. The Bertz CT molecular complexity index is 1160. The van der Waals surface area contributed by atoms with Gasteiger partial charge in [0.25, 0.3) is 5.91 Å². The summed E-state index contributed by atoms with van der Waals surface area (Å²) in [6.45, 7) is 5.87. The van der Waals surface area contributed by atoms with Crippen molar-refractivity contribution >= 4 is 67.0 Å². The molecule has 0 heterocycles. The van der Waals surface area contributed by atoms with E-state index in [2.05, 4.69) is 56.0 Å². The van der Waals surface area contributed by atoms with E-state index in [1.807, 2.05) is 43.3 Å². The number of anilines is 1. The third kappa shape index (κ3) is 6.42. The summed E-state index contributed by atoms with van der Waals surface area (Å²) < 4.78 is 7.42. The van der Waals surface area contributed by atoms with E-state index in [4.69, 9.17) is 16.3 Å². The molecule has 0 aromatic heterocycles. The molecule has 7 heteroatoms. The van der Waals surface area contributed by atoms with Crippen molar-refractivity contribution in [1.82, 2.24) is 0 Å². The molecular weight excluding hydrogens is 544 g/mol. The Labute approximate surface area is 203 Å². The Hall–Kier alpha value is -2.15. The van der Waals surface area contributed by atoms with Gasteiger partial charge in [-0.3, -0.25) is 9.79 Å². The fraction of sp³-hybridized carbons (Fsp3) is 0.167. The predicted octanol–water partition coefficient (Wildman–Crippen LogP) is 7.56. The van der Waals surface area contributed by atoms with E-state index in [9.17, 15) is 4.79 Å². The first kappa shape index (κ1) is 23.5. The second-order valence-electron chi connectivity index (χ2n) is 7.13. The van der Waals surface area contributed by atoms with Crippen molar-refractivity contribution in [2.75, 3.05) is 11.9 Å². The van der Waals surface area contributed by atoms with Gasteiger partial charge in [-0.25, -0.2) is 0 Å². The number of amides is 1. The normalized spacial score (nSPS) is 11.0. The number of aryl methyl sites for hydroxylation is 3. The Morgan fingerprint density at radius 3 is 2.48 bits per heavy atom. The number of carbonyl (C=O) groups excluding carboxylic acids is 1. The molecule has 0 aliphatic rings. The maximum atomic E-state index is 12.4. The zero-order valence-corrected chi connectivity index (χ0v) is 21.2. The smallest absolute Gasteiger partial charge is 0.262 e. The largest absolute Gasteiger partial charge is 0.482 e. The van der Waals surface area contributed by atoms with E-state index in [1.165, 1.54) is 11.1 Å². The van der Waals surface area contributed by atoms with E-state index >= 15 is 0 Å². The van der Waals surface area contributed by atoms with Crippen LogP contribution in [0.3, 0.4) is 0 Å². The van der Waals surface area contributed by atoms with E-state index in [0.29, 0.717) is 16.5 Å². The first-order valence-corrected chi connectivity index (χ1v) is 11.5. The molecule has 0 atom stereocenters. The zero-order valence-electron chi connectivity index (χ0n) is 17.3. The molecule has 0 fully saturated rings. The third-order valence-corrected chi connectivity index (χ3v) is 6.14. The van der Waals surface area contributed by atoms with Crippen molar-refractivity contribution in [2.24, 2.45) is 4.99 Å². The molecule has 3 aromatic carbocycles. The van der Waals surface area contributed by atoms with Crippen LogP contribution in [0.2, 0.25) is 5.02 Å². The van der Waals surface area contributed by atoms with Gasteiger partial charge in [0.1, 0.15) is 5.75 Å². The summed E-state index contributed by atoms with van der Waals surface area (Å²) in [7, 11) is 0. The van der Waals surface area contributed by atoms with Crippen molar-refractivity contribution in [3.8, 4) is 5.75 Å². The van der Waals surface area contributed by atoms with Crippen molar-refractivity contribution in [1.29, 1.82) is 0 Å². The molecule has 0 saturated heterocycles. The average Bonchev–Trinajstić information content (AvgIpc) is 2.70. The van der Waals surface area contributed by atoms with Gasteiger partial charge in [0, 0.05) is 27.0 Å². The Kier molecular flexibility index (Phi) is 7.92. The number of nitrogens with zero attached hydrogens (tertiary/aromatic N) is 1. The van der Waals surface area contributed by atoms with Gasteiger partial charge in [0.05, 0.1) is 10.2 Å². The lowest BCUT2D eigenvalue weighted by Gasteiger charge is -2.12. The van der Waals surface area contributed by atoms with Gasteiger partial charge in [0.15, 0.2) is 6.61 Å². The number of rotatable bonds is 6. The number of benzene rings is 3. The summed E-state index contributed by atoms with van der Waals surface area (Å²) >= 11 is 13.1. The highest BCUT2D eigenvalue weighted by atomic mass is 79.9. The summed E-state index contributed by atoms with van der Waals surface area (Å²) in [5.41, 5.74) is 5.55. The van der Waals surface area contributed by atoms with E-state index in [-0.39, 0.29) is 12.5 Å². The van der Waals surface area contributed by atoms with Crippen molar-refractivity contribution in [3.63, 3.8) is 0 Å². The van der Waals surface area contributed by atoms with Crippen LogP contribution in [-0.4, -0.2) is 18.7 Å². The predicted molar refractivity (Wildman–Crippen MR) is 135 cm³/mol. The van der Waals surface area contributed by atoms with Crippen LogP contribution in [0.1, 0.15) is 22.3 Å². The number of carbonyl (C=O) groups is 1. The van der Waals surface area contributed by atoms with Crippen molar-refractivity contribution < 1.29 is 9.53 Å². The monoisotopic (exact) mass is 562 g/mol. The molecule has 0 saturated carbocycles. The van der Waals surface area contributed by atoms with Gasteiger partial charge >= 0.3 is 0 Å². The molecule has 31 heavy (non-hydrogen) atoms. The van der Waals surface area contributed by atoms with Crippen LogP contribution in [-0.2, 0) is 4.79 Å². The van der Waals surface area contributed by atoms with Crippen molar-refractivity contribution in [3.05, 3.63) is 84.8 Å². The molecule has 0 radical (unpaired) electrons. The number of aliphatic imine (C=N–C) groups is 1. The molecular formula is C24H21Br2ClN2O2. The minimum atomic E-state index is -0.285. The van der Waals surface area contributed by atoms with Crippen LogP contribution in [0.4, 0.5) is 11.4 Å². The first-order valence-electron chi connectivity index (χ1n) is 9.52. The van der Waals surface area contributed by atoms with Crippen LogP contribution in [0.5, 0.6) is 5.75 Å². The first-order chi connectivity index (χ1) is 14.7. The molecule has 0 bridgehead atoms. The molecule has 4 nitrogen and oxygen atoms in total. The van der Waals surface area contributed by atoms with Crippen LogP contribution in [0.25, 0.3) is 0 Å². The number of hydrogen-bond donors (Lipinski definition) is 1. The van der Waals surface area contributed by atoms with E-state index < -0.39 is 0 Å².